The average Bonchev–Trinajstić information content (AvgIpc) is 3.05. The maximum Gasteiger partial charge on any atom is 0.334 e. The van der Waals surface area contributed by atoms with Gasteiger partial charge < -0.3 is 19.9 Å². The van der Waals surface area contributed by atoms with Crippen LogP contribution in [0.2, 0.25) is 0 Å². The molecule has 0 spiro atoms. The Bertz CT molecular complexity index is 593. The predicted molar refractivity (Wildman–Crippen MR) is 62.2 cm³/mol. The van der Waals surface area contributed by atoms with Gasteiger partial charge in [0, 0.05) is 0 Å². The van der Waals surface area contributed by atoms with Crippen molar-refractivity contribution in [2.45, 2.75) is 12.6 Å². The van der Waals surface area contributed by atoms with Gasteiger partial charge in [-0.05, 0) is 17.3 Å². The summed E-state index contributed by atoms with van der Waals surface area (Å²) in [7, 11) is 0. The summed E-state index contributed by atoms with van der Waals surface area (Å²) in [6.07, 6.45) is -0.197. The van der Waals surface area contributed by atoms with Gasteiger partial charge in [-0.2, -0.15) is 4.80 Å². The Kier molecular flexibility index (Phi) is 4.05. The molecule has 0 bridgehead atoms. The molecule has 1 amide bonds. The van der Waals surface area contributed by atoms with E-state index in [1.54, 1.807) is 12.1 Å². The summed E-state index contributed by atoms with van der Waals surface area (Å²) in [5.74, 6) is -1.32. The van der Waals surface area contributed by atoms with Gasteiger partial charge in [0.1, 0.15) is 6.54 Å². The van der Waals surface area contributed by atoms with E-state index in [-0.39, 0.29) is 12.4 Å². The summed E-state index contributed by atoms with van der Waals surface area (Å²) >= 11 is 0. The molecule has 0 aliphatic rings. The largest absolute Gasteiger partial charge is 0.479 e. The number of aliphatic hydroxyl groups excluding tert-OH is 1. The fourth-order valence-electron chi connectivity index (χ4n) is 1.30. The molecule has 2 heterocycles. The lowest BCUT2D eigenvalue weighted by molar-refractivity contribution is -0.146. The average molecular weight is 281 g/mol. The van der Waals surface area contributed by atoms with Crippen molar-refractivity contribution in [2.75, 3.05) is 6.54 Å². The van der Waals surface area contributed by atoms with Gasteiger partial charge in [0.2, 0.25) is 11.7 Å². The van der Waals surface area contributed by atoms with E-state index < -0.39 is 24.5 Å². The fourth-order valence-corrected chi connectivity index (χ4v) is 1.30. The van der Waals surface area contributed by atoms with E-state index in [9.17, 15) is 9.59 Å². The maximum absolute atomic E-state index is 11.5. The quantitative estimate of drug-likeness (QED) is 0.580. The van der Waals surface area contributed by atoms with Crippen LogP contribution < -0.4 is 5.32 Å². The van der Waals surface area contributed by atoms with Crippen LogP contribution in [0, 0.1) is 0 Å². The van der Waals surface area contributed by atoms with Crippen molar-refractivity contribution in [3.05, 3.63) is 18.4 Å². The molecule has 1 atom stereocenters. The molecule has 10 nitrogen and oxygen atoms in total. The molecule has 2 rings (SSSR count). The Balaban J connectivity index is 1.87. The van der Waals surface area contributed by atoms with E-state index in [1.807, 2.05) is 0 Å². The van der Waals surface area contributed by atoms with Gasteiger partial charge in [-0.15, -0.1) is 10.2 Å². The molecular weight excluding hydrogens is 270 g/mol. The summed E-state index contributed by atoms with van der Waals surface area (Å²) < 4.78 is 5.07. The highest BCUT2D eigenvalue weighted by Gasteiger charge is 2.15. The summed E-state index contributed by atoms with van der Waals surface area (Å²) in [5.41, 5.74) is 0. The number of hydrogen-bond donors (Lipinski definition) is 3. The van der Waals surface area contributed by atoms with Crippen molar-refractivity contribution >= 4 is 11.9 Å². The lowest BCUT2D eigenvalue weighted by Crippen LogP contribution is -2.38. The molecule has 0 saturated heterocycles. The van der Waals surface area contributed by atoms with Gasteiger partial charge in [-0.1, -0.05) is 0 Å². The number of aliphatic hydroxyl groups is 1. The number of amides is 1. The van der Waals surface area contributed by atoms with E-state index in [0.717, 1.165) is 4.80 Å². The lowest BCUT2D eigenvalue weighted by atomic mass is 10.3. The van der Waals surface area contributed by atoms with Crippen LogP contribution in [0.1, 0.15) is 0 Å². The Morgan fingerprint density at radius 3 is 2.95 bits per heavy atom. The van der Waals surface area contributed by atoms with Gasteiger partial charge in [0.15, 0.2) is 11.9 Å². The third-order valence-corrected chi connectivity index (χ3v) is 2.26. The van der Waals surface area contributed by atoms with Gasteiger partial charge in [0.25, 0.3) is 0 Å². The zero-order valence-corrected chi connectivity index (χ0v) is 10.1. The smallest absolute Gasteiger partial charge is 0.334 e. The molecule has 10 heteroatoms. The molecule has 106 valence electrons. The molecule has 0 fully saturated rings. The van der Waals surface area contributed by atoms with Crippen LogP contribution >= 0.6 is 0 Å². The van der Waals surface area contributed by atoms with Crippen LogP contribution in [0.3, 0.4) is 0 Å². The number of carbonyl (C=O) groups excluding carboxylic acids is 1. The van der Waals surface area contributed by atoms with E-state index >= 15 is 0 Å². The highest BCUT2D eigenvalue weighted by molar-refractivity contribution is 5.77. The Morgan fingerprint density at radius 1 is 1.50 bits per heavy atom. The van der Waals surface area contributed by atoms with Crippen LogP contribution in [0.5, 0.6) is 0 Å². The van der Waals surface area contributed by atoms with Crippen molar-refractivity contribution in [3.8, 4) is 11.6 Å². The number of carboxylic acids is 1. The molecule has 0 radical (unpaired) electrons. The van der Waals surface area contributed by atoms with Crippen molar-refractivity contribution in [2.24, 2.45) is 0 Å². The van der Waals surface area contributed by atoms with Crippen molar-refractivity contribution in [1.82, 2.24) is 25.5 Å². The first-order chi connectivity index (χ1) is 9.56. The third-order valence-electron chi connectivity index (χ3n) is 2.26. The standard InChI is InChI=1S/C10H11N5O5/c16-6(10(18)19)4-11-8(17)5-15-13-9(12-14-15)7-2-1-3-20-7/h1-3,6,16H,4-5H2,(H,11,17)(H,18,19). The topological polar surface area (TPSA) is 143 Å². The van der Waals surface area contributed by atoms with Gasteiger partial charge >= 0.3 is 5.97 Å². The molecule has 0 aliphatic carbocycles. The molecule has 3 N–H and O–H groups in total. The third kappa shape index (κ3) is 3.38. The molecule has 1 unspecified atom stereocenters. The van der Waals surface area contributed by atoms with Gasteiger partial charge in [0.05, 0.1) is 12.8 Å². The summed E-state index contributed by atoms with van der Waals surface area (Å²) in [5, 5.41) is 30.9. The van der Waals surface area contributed by atoms with Crippen LogP contribution in [0.25, 0.3) is 11.6 Å². The molecule has 0 aromatic carbocycles. The molecule has 0 saturated carbocycles. The maximum atomic E-state index is 11.5. The normalized spacial score (nSPS) is 12.1. The van der Waals surface area contributed by atoms with Crippen LogP contribution in [0.15, 0.2) is 22.8 Å². The number of carboxylic acid groups (broad SMARTS) is 1. The van der Waals surface area contributed by atoms with Crippen molar-refractivity contribution in [1.29, 1.82) is 0 Å². The zero-order chi connectivity index (χ0) is 14.5. The van der Waals surface area contributed by atoms with Crippen LogP contribution in [-0.2, 0) is 16.1 Å². The van der Waals surface area contributed by atoms with E-state index in [0.29, 0.717) is 5.76 Å². The number of aliphatic carboxylic acids is 1. The van der Waals surface area contributed by atoms with E-state index in [4.69, 9.17) is 14.6 Å². The molecule has 2 aromatic rings. The van der Waals surface area contributed by atoms with Gasteiger partial charge in [-0.25, -0.2) is 4.79 Å². The summed E-state index contributed by atoms with van der Waals surface area (Å²) in [4.78, 5) is 22.8. The molecule has 2 aromatic heterocycles. The van der Waals surface area contributed by atoms with E-state index in [1.165, 1.54) is 6.26 Å². The highest BCUT2D eigenvalue weighted by atomic mass is 16.4. The van der Waals surface area contributed by atoms with Crippen molar-refractivity contribution in [3.63, 3.8) is 0 Å². The number of nitrogens with one attached hydrogen (secondary N) is 1. The summed E-state index contributed by atoms with van der Waals surface area (Å²) in [6, 6.07) is 3.31. The zero-order valence-electron chi connectivity index (χ0n) is 10.1. The predicted octanol–water partition coefficient (Wildman–Crippen LogP) is -1.51. The Labute approximate surface area is 112 Å². The summed E-state index contributed by atoms with van der Waals surface area (Å²) in [6.45, 7) is -0.645. The molecule has 20 heavy (non-hydrogen) atoms. The minimum atomic E-state index is -1.65. The van der Waals surface area contributed by atoms with Crippen LogP contribution in [0.4, 0.5) is 0 Å². The number of tetrazole rings is 1. The first-order valence-electron chi connectivity index (χ1n) is 5.55. The lowest BCUT2D eigenvalue weighted by Gasteiger charge is -2.06. The highest BCUT2D eigenvalue weighted by Crippen LogP contribution is 2.12. The van der Waals surface area contributed by atoms with Gasteiger partial charge in [-0.3, -0.25) is 4.79 Å². The first-order valence-corrected chi connectivity index (χ1v) is 5.55. The molecule has 0 aliphatic heterocycles. The Morgan fingerprint density at radius 2 is 2.30 bits per heavy atom. The number of rotatable bonds is 6. The van der Waals surface area contributed by atoms with E-state index in [2.05, 4.69) is 20.7 Å². The van der Waals surface area contributed by atoms with Crippen LogP contribution in [-0.4, -0.2) is 54.9 Å². The number of aromatic nitrogens is 4. The number of hydrogen-bond acceptors (Lipinski definition) is 7. The number of nitrogens with zero attached hydrogens (tertiary/aromatic N) is 4. The second kappa shape index (κ2) is 5.93. The van der Waals surface area contributed by atoms with Crippen molar-refractivity contribution < 1.29 is 24.2 Å². The SMILES string of the molecule is O=C(Cn1nnc(-c2ccco2)n1)NCC(O)C(=O)O. The fraction of sp³-hybridized carbons (Fsp3) is 0.300. The second-order valence-electron chi connectivity index (χ2n) is 3.78. The number of carbonyl (C=O) groups is 2. The molecular formula is C10H11N5O5. The Hall–Kier alpha value is -2.75. The monoisotopic (exact) mass is 281 g/mol. The number of furan rings is 1. The minimum absolute atomic E-state index is 0.230. The first kappa shape index (κ1) is 13.7. The minimum Gasteiger partial charge on any atom is -0.479 e. The second-order valence-corrected chi connectivity index (χ2v) is 3.78.